The summed E-state index contributed by atoms with van der Waals surface area (Å²) < 4.78 is 26.2. The minimum absolute atomic E-state index is 0.0590. The summed E-state index contributed by atoms with van der Waals surface area (Å²) in [6.07, 6.45) is 1.21. The number of phenols is 1. The monoisotopic (exact) mass is 263 g/mol. The van der Waals surface area contributed by atoms with Crippen molar-refractivity contribution in [3.8, 4) is 5.75 Å². The fourth-order valence-corrected chi connectivity index (χ4v) is 1.44. The Balaban J connectivity index is 3.46. The minimum Gasteiger partial charge on any atom is -0.506 e. The summed E-state index contributed by atoms with van der Waals surface area (Å²) in [6.45, 7) is 3.34. The van der Waals surface area contributed by atoms with Gasteiger partial charge in [-0.25, -0.2) is 8.78 Å². The lowest BCUT2D eigenvalue weighted by molar-refractivity contribution is 0.434. The molecule has 0 amide bonds. The zero-order chi connectivity index (χ0) is 10.9. The standard InChI is InChI=1S/C9H8BrF2NO/c1-2-6(13)7-8(12)5(11)3-4(10)9(7)14/h2-3,6,14H,1,13H2. The van der Waals surface area contributed by atoms with Crippen molar-refractivity contribution in [3.63, 3.8) is 0 Å². The van der Waals surface area contributed by atoms with Crippen molar-refractivity contribution in [2.45, 2.75) is 6.04 Å². The van der Waals surface area contributed by atoms with Crippen molar-refractivity contribution in [1.29, 1.82) is 0 Å². The van der Waals surface area contributed by atoms with Crippen LogP contribution in [0.3, 0.4) is 0 Å². The Morgan fingerprint density at radius 1 is 1.57 bits per heavy atom. The molecule has 1 unspecified atom stereocenters. The molecule has 0 spiro atoms. The molecule has 1 aromatic rings. The Kier molecular flexibility index (Phi) is 3.23. The summed E-state index contributed by atoms with van der Waals surface area (Å²) in [6, 6.07) is -0.105. The molecule has 5 heteroatoms. The zero-order valence-electron chi connectivity index (χ0n) is 7.10. The number of hydrogen-bond acceptors (Lipinski definition) is 2. The first-order valence-corrected chi connectivity index (χ1v) is 4.52. The third kappa shape index (κ3) is 1.78. The van der Waals surface area contributed by atoms with Crippen LogP contribution >= 0.6 is 15.9 Å². The van der Waals surface area contributed by atoms with Crippen molar-refractivity contribution in [2.75, 3.05) is 0 Å². The minimum atomic E-state index is -1.15. The molecular weight excluding hydrogens is 256 g/mol. The quantitative estimate of drug-likeness (QED) is 0.637. The molecule has 1 atom stereocenters. The van der Waals surface area contributed by atoms with Gasteiger partial charge in [0.05, 0.1) is 16.1 Å². The molecule has 0 aliphatic heterocycles. The van der Waals surface area contributed by atoms with Crippen LogP contribution in [0.15, 0.2) is 23.2 Å². The molecule has 0 radical (unpaired) electrons. The van der Waals surface area contributed by atoms with Gasteiger partial charge in [0, 0.05) is 0 Å². The average molecular weight is 264 g/mol. The van der Waals surface area contributed by atoms with E-state index >= 15 is 0 Å². The van der Waals surface area contributed by atoms with E-state index in [0.29, 0.717) is 0 Å². The van der Waals surface area contributed by atoms with E-state index in [1.54, 1.807) is 0 Å². The maximum Gasteiger partial charge on any atom is 0.167 e. The SMILES string of the molecule is C=CC(N)c1c(O)c(Br)cc(F)c1F. The van der Waals surface area contributed by atoms with Gasteiger partial charge in [0.15, 0.2) is 11.6 Å². The van der Waals surface area contributed by atoms with Crippen LogP contribution in [0.2, 0.25) is 0 Å². The first kappa shape index (κ1) is 11.1. The highest BCUT2D eigenvalue weighted by Gasteiger charge is 2.20. The molecular formula is C9H8BrF2NO. The smallest absolute Gasteiger partial charge is 0.167 e. The Morgan fingerprint density at radius 3 is 2.64 bits per heavy atom. The molecule has 76 valence electrons. The Bertz CT molecular complexity index is 355. The third-order valence-corrected chi connectivity index (χ3v) is 2.37. The van der Waals surface area contributed by atoms with Gasteiger partial charge in [-0.1, -0.05) is 6.08 Å². The summed E-state index contributed by atoms with van der Waals surface area (Å²) in [5.74, 6) is -2.63. The van der Waals surface area contributed by atoms with E-state index in [4.69, 9.17) is 5.73 Å². The highest BCUT2D eigenvalue weighted by Crippen LogP contribution is 2.35. The van der Waals surface area contributed by atoms with Crippen LogP contribution in [-0.2, 0) is 0 Å². The zero-order valence-corrected chi connectivity index (χ0v) is 8.68. The third-order valence-electron chi connectivity index (χ3n) is 1.77. The fraction of sp³-hybridized carbons (Fsp3) is 0.111. The van der Waals surface area contributed by atoms with Crippen LogP contribution in [0.25, 0.3) is 0 Å². The van der Waals surface area contributed by atoms with Crippen LogP contribution in [0, 0.1) is 11.6 Å². The van der Waals surface area contributed by atoms with Crippen molar-refractivity contribution in [2.24, 2.45) is 5.73 Å². The van der Waals surface area contributed by atoms with Crippen molar-refractivity contribution >= 4 is 15.9 Å². The second kappa shape index (κ2) is 4.06. The van der Waals surface area contributed by atoms with E-state index in [-0.39, 0.29) is 10.0 Å². The van der Waals surface area contributed by atoms with E-state index in [9.17, 15) is 13.9 Å². The van der Waals surface area contributed by atoms with Crippen molar-refractivity contribution in [1.82, 2.24) is 0 Å². The number of rotatable bonds is 2. The molecule has 14 heavy (non-hydrogen) atoms. The summed E-state index contributed by atoms with van der Waals surface area (Å²) in [5.41, 5.74) is 5.13. The van der Waals surface area contributed by atoms with Gasteiger partial charge < -0.3 is 10.8 Å². The van der Waals surface area contributed by atoms with E-state index in [1.165, 1.54) is 6.08 Å². The topological polar surface area (TPSA) is 46.2 Å². The van der Waals surface area contributed by atoms with Gasteiger partial charge in [0.1, 0.15) is 5.75 Å². The van der Waals surface area contributed by atoms with Gasteiger partial charge in [-0.3, -0.25) is 0 Å². The average Bonchev–Trinajstić information content (AvgIpc) is 2.15. The molecule has 0 saturated carbocycles. The summed E-state index contributed by atoms with van der Waals surface area (Å²) in [4.78, 5) is 0. The highest BCUT2D eigenvalue weighted by atomic mass is 79.9. The van der Waals surface area contributed by atoms with Gasteiger partial charge >= 0.3 is 0 Å². The van der Waals surface area contributed by atoms with Crippen LogP contribution < -0.4 is 5.73 Å². The lowest BCUT2D eigenvalue weighted by Crippen LogP contribution is -2.10. The molecule has 2 nitrogen and oxygen atoms in total. The Labute approximate surface area is 88.2 Å². The molecule has 0 heterocycles. The van der Waals surface area contributed by atoms with Gasteiger partial charge in [0.25, 0.3) is 0 Å². The van der Waals surface area contributed by atoms with E-state index in [1.807, 2.05) is 0 Å². The summed E-state index contributed by atoms with van der Waals surface area (Å²) >= 11 is 2.88. The van der Waals surface area contributed by atoms with E-state index < -0.39 is 23.4 Å². The molecule has 0 aliphatic carbocycles. The largest absolute Gasteiger partial charge is 0.506 e. The lowest BCUT2D eigenvalue weighted by Gasteiger charge is -2.12. The van der Waals surface area contributed by atoms with Crippen LogP contribution in [-0.4, -0.2) is 5.11 Å². The van der Waals surface area contributed by atoms with Crippen molar-refractivity contribution < 1.29 is 13.9 Å². The number of hydrogen-bond donors (Lipinski definition) is 2. The van der Waals surface area contributed by atoms with Gasteiger partial charge in [-0.2, -0.15) is 0 Å². The second-order valence-electron chi connectivity index (χ2n) is 2.68. The van der Waals surface area contributed by atoms with Gasteiger partial charge in [-0.15, -0.1) is 6.58 Å². The predicted molar refractivity (Wildman–Crippen MR) is 52.8 cm³/mol. The van der Waals surface area contributed by atoms with Gasteiger partial charge in [-0.05, 0) is 22.0 Å². The molecule has 0 fully saturated rings. The number of halogens is 3. The Hall–Kier alpha value is -0.940. The molecule has 1 aromatic carbocycles. The number of aromatic hydroxyl groups is 1. The first-order chi connectivity index (χ1) is 6.49. The maximum atomic E-state index is 13.2. The van der Waals surface area contributed by atoms with Gasteiger partial charge in [0.2, 0.25) is 0 Å². The number of nitrogens with two attached hydrogens (primary N) is 1. The van der Waals surface area contributed by atoms with Crippen molar-refractivity contribution in [3.05, 3.63) is 40.4 Å². The summed E-state index contributed by atoms with van der Waals surface area (Å²) in [5, 5.41) is 9.42. The van der Waals surface area contributed by atoms with E-state index in [0.717, 1.165) is 6.07 Å². The maximum absolute atomic E-state index is 13.2. The fourth-order valence-electron chi connectivity index (χ4n) is 1.03. The van der Waals surface area contributed by atoms with Crippen LogP contribution in [0.4, 0.5) is 8.78 Å². The van der Waals surface area contributed by atoms with Crippen LogP contribution in [0.5, 0.6) is 5.75 Å². The molecule has 0 aliphatic rings. The summed E-state index contributed by atoms with van der Waals surface area (Å²) in [7, 11) is 0. The molecule has 1 rings (SSSR count). The second-order valence-corrected chi connectivity index (χ2v) is 3.53. The predicted octanol–water partition coefficient (Wildman–Crippen LogP) is 2.62. The van der Waals surface area contributed by atoms with Crippen LogP contribution in [0.1, 0.15) is 11.6 Å². The lowest BCUT2D eigenvalue weighted by atomic mass is 10.1. The molecule has 0 aromatic heterocycles. The highest BCUT2D eigenvalue weighted by molar-refractivity contribution is 9.10. The molecule has 0 saturated heterocycles. The normalized spacial score (nSPS) is 12.6. The molecule has 3 N–H and O–H groups in total. The number of benzene rings is 1. The van der Waals surface area contributed by atoms with E-state index in [2.05, 4.69) is 22.5 Å². The number of phenolic OH excluding ortho intramolecular Hbond substituents is 1. The first-order valence-electron chi connectivity index (χ1n) is 3.73. The Morgan fingerprint density at radius 2 is 2.14 bits per heavy atom. The molecule has 0 bridgehead atoms.